The number of carbonyl (C=O) groups is 1. The Hall–Kier alpha value is -0.0500. The molecule has 0 aromatic heterocycles. The predicted molar refractivity (Wildman–Crippen MR) is 67.2 cm³/mol. The van der Waals surface area contributed by atoms with E-state index in [2.05, 4.69) is 35.1 Å². The SMILES string of the molecule is CCC(C)(CCBr)NC(=O)CC1CCC1. The molecule has 3 heteroatoms. The van der Waals surface area contributed by atoms with Crippen LogP contribution in [0.2, 0.25) is 0 Å². The summed E-state index contributed by atoms with van der Waals surface area (Å²) in [5.41, 5.74) is -0.0235. The van der Waals surface area contributed by atoms with E-state index in [1.54, 1.807) is 0 Å². The van der Waals surface area contributed by atoms with E-state index >= 15 is 0 Å². The molecular weight excluding hydrogens is 254 g/mol. The monoisotopic (exact) mass is 275 g/mol. The van der Waals surface area contributed by atoms with Gasteiger partial charge in [0.2, 0.25) is 5.91 Å². The maximum Gasteiger partial charge on any atom is 0.220 e. The number of carbonyl (C=O) groups excluding carboxylic acids is 1. The highest BCUT2D eigenvalue weighted by Crippen LogP contribution is 2.29. The van der Waals surface area contributed by atoms with Crippen molar-refractivity contribution in [1.82, 2.24) is 5.32 Å². The fourth-order valence-corrected chi connectivity index (χ4v) is 2.76. The molecule has 0 heterocycles. The summed E-state index contributed by atoms with van der Waals surface area (Å²) in [5.74, 6) is 0.903. The van der Waals surface area contributed by atoms with Gasteiger partial charge in [0.15, 0.2) is 0 Å². The van der Waals surface area contributed by atoms with E-state index in [-0.39, 0.29) is 11.4 Å². The molecule has 88 valence electrons. The van der Waals surface area contributed by atoms with Crippen LogP contribution in [0.25, 0.3) is 0 Å². The van der Waals surface area contributed by atoms with Crippen molar-refractivity contribution in [3.63, 3.8) is 0 Å². The average molecular weight is 276 g/mol. The molecule has 0 bridgehead atoms. The van der Waals surface area contributed by atoms with Gasteiger partial charge < -0.3 is 5.32 Å². The summed E-state index contributed by atoms with van der Waals surface area (Å²) in [6.07, 6.45) is 6.53. The van der Waals surface area contributed by atoms with Crippen LogP contribution in [0.15, 0.2) is 0 Å². The second-order valence-electron chi connectivity index (χ2n) is 4.90. The highest BCUT2D eigenvalue weighted by molar-refractivity contribution is 9.09. The minimum absolute atomic E-state index is 0.0235. The summed E-state index contributed by atoms with van der Waals surface area (Å²) in [6, 6.07) is 0. The van der Waals surface area contributed by atoms with Crippen LogP contribution in [0, 0.1) is 5.92 Å². The van der Waals surface area contributed by atoms with Crippen molar-refractivity contribution in [3.8, 4) is 0 Å². The smallest absolute Gasteiger partial charge is 0.220 e. The van der Waals surface area contributed by atoms with Gasteiger partial charge in [-0.2, -0.15) is 0 Å². The third-order valence-electron chi connectivity index (χ3n) is 3.57. The van der Waals surface area contributed by atoms with E-state index in [0.29, 0.717) is 5.92 Å². The van der Waals surface area contributed by atoms with Crippen LogP contribution in [0.3, 0.4) is 0 Å². The molecule has 1 unspecified atom stereocenters. The molecule has 1 aliphatic rings. The summed E-state index contributed by atoms with van der Waals surface area (Å²) < 4.78 is 0. The number of hydrogen-bond donors (Lipinski definition) is 1. The lowest BCUT2D eigenvalue weighted by atomic mass is 9.82. The molecule has 1 fully saturated rings. The first-order chi connectivity index (χ1) is 7.09. The number of hydrogen-bond acceptors (Lipinski definition) is 1. The lowest BCUT2D eigenvalue weighted by molar-refractivity contribution is -0.124. The Morgan fingerprint density at radius 1 is 1.53 bits per heavy atom. The van der Waals surface area contributed by atoms with Crippen molar-refractivity contribution in [3.05, 3.63) is 0 Å². The topological polar surface area (TPSA) is 29.1 Å². The van der Waals surface area contributed by atoms with Gasteiger partial charge in [0.05, 0.1) is 0 Å². The van der Waals surface area contributed by atoms with Crippen LogP contribution in [0.4, 0.5) is 0 Å². The lowest BCUT2D eigenvalue weighted by Crippen LogP contribution is -2.46. The second kappa shape index (κ2) is 5.88. The molecule has 1 aliphatic carbocycles. The van der Waals surface area contributed by atoms with Crippen LogP contribution in [0.5, 0.6) is 0 Å². The molecule has 1 saturated carbocycles. The Labute approximate surface area is 101 Å². The van der Waals surface area contributed by atoms with Crippen LogP contribution in [-0.2, 0) is 4.79 Å². The molecule has 0 radical (unpaired) electrons. The van der Waals surface area contributed by atoms with Crippen molar-refractivity contribution < 1.29 is 4.79 Å². The van der Waals surface area contributed by atoms with E-state index in [1.165, 1.54) is 19.3 Å². The highest BCUT2D eigenvalue weighted by Gasteiger charge is 2.26. The first-order valence-electron chi connectivity index (χ1n) is 5.96. The minimum atomic E-state index is -0.0235. The zero-order valence-corrected chi connectivity index (χ0v) is 11.4. The number of nitrogens with one attached hydrogen (secondary N) is 1. The van der Waals surface area contributed by atoms with Gasteiger partial charge in [-0.1, -0.05) is 29.3 Å². The van der Waals surface area contributed by atoms with Gasteiger partial charge in [-0.05, 0) is 38.5 Å². The zero-order valence-electron chi connectivity index (χ0n) is 9.81. The molecule has 2 nitrogen and oxygen atoms in total. The molecule has 0 saturated heterocycles. The van der Waals surface area contributed by atoms with Crippen molar-refractivity contribution >= 4 is 21.8 Å². The first-order valence-corrected chi connectivity index (χ1v) is 7.09. The number of rotatable bonds is 6. The van der Waals surface area contributed by atoms with E-state index in [9.17, 15) is 4.79 Å². The van der Waals surface area contributed by atoms with Crippen LogP contribution in [0.1, 0.15) is 52.4 Å². The van der Waals surface area contributed by atoms with Crippen LogP contribution in [-0.4, -0.2) is 16.8 Å². The van der Waals surface area contributed by atoms with Gasteiger partial charge in [-0.15, -0.1) is 0 Å². The first kappa shape index (κ1) is 13.0. The van der Waals surface area contributed by atoms with Gasteiger partial charge in [-0.3, -0.25) is 4.79 Å². The van der Waals surface area contributed by atoms with Gasteiger partial charge in [0, 0.05) is 17.3 Å². The maximum absolute atomic E-state index is 11.8. The number of amides is 1. The molecule has 0 spiro atoms. The zero-order chi connectivity index (χ0) is 11.3. The van der Waals surface area contributed by atoms with Crippen molar-refractivity contribution in [2.24, 2.45) is 5.92 Å². The van der Waals surface area contributed by atoms with Crippen molar-refractivity contribution in [2.75, 3.05) is 5.33 Å². The number of halogens is 1. The van der Waals surface area contributed by atoms with E-state index in [4.69, 9.17) is 0 Å². The summed E-state index contributed by atoms with van der Waals surface area (Å²) in [7, 11) is 0. The Kier molecular flexibility index (Phi) is 5.10. The maximum atomic E-state index is 11.8. The number of alkyl halides is 1. The molecule has 1 amide bonds. The Morgan fingerprint density at radius 2 is 2.20 bits per heavy atom. The summed E-state index contributed by atoms with van der Waals surface area (Å²) in [6.45, 7) is 4.26. The van der Waals surface area contributed by atoms with Crippen molar-refractivity contribution in [2.45, 2.75) is 57.9 Å². The van der Waals surface area contributed by atoms with E-state index in [0.717, 1.165) is 24.6 Å². The fourth-order valence-electron chi connectivity index (χ4n) is 1.88. The average Bonchev–Trinajstić information content (AvgIpc) is 2.12. The summed E-state index contributed by atoms with van der Waals surface area (Å²) in [5, 5.41) is 4.12. The fraction of sp³-hybridized carbons (Fsp3) is 0.917. The van der Waals surface area contributed by atoms with E-state index in [1.807, 2.05) is 0 Å². The summed E-state index contributed by atoms with van der Waals surface area (Å²) in [4.78, 5) is 11.8. The Bertz CT molecular complexity index is 216. The Balaban J connectivity index is 2.32. The third-order valence-corrected chi connectivity index (χ3v) is 3.96. The van der Waals surface area contributed by atoms with Gasteiger partial charge >= 0.3 is 0 Å². The van der Waals surface area contributed by atoms with Gasteiger partial charge in [-0.25, -0.2) is 0 Å². The molecule has 15 heavy (non-hydrogen) atoms. The quantitative estimate of drug-likeness (QED) is 0.741. The molecule has 1 N–H and O–H groups in total. The standard InChI is InChI=1S/C12H22BrNO/c1-3-12(2,7-8-13)14-11(15)9-10-5-4-6-10/h10H,3-9H2,1-2H3,(H,14,15). The molecule has 0 aromatic rings. The largest absolute Gasteiger partial charge is 0.351 e. The predicted octanol–water partition coefficient (Wildman–Crippen LogP) is 3.25. The second-order valence-corrected chi connectivity index (χ2v) is 5.70. The molecular formula is C12H22BrNO. The highest BCUT2D eigenvalue weighted by atomic mass is 79.9. The van der Waals surface area contributed by atoms with Crippen LogP contribution >= 0.6 is 15.9 Å². The molecule has 0 aromatic carbocycles. The van der Waals surface area contributed by atoms with Crippen molar-refractivity contribution in [1.29, 1.82) is 0 Å². The Morgan fingerprint density at radius 3 is 2.60 bits per heavy atom. The lowest BCUT2D eigenvalue weighted by Gasteiger charge is -2.31. The minimum Gasteiger partial charge on any atom is -0.351 e. The summed E-state index contributed by atoms with van der Waals surface area (Å²) >= 11 is 3.44. The normalized spacial score (nSPS) is 20.5. The van der Waals surface area contributed by atoms with Gasteiger partial charge in [0.25, 0.3) is 0 Å². The van der Waals surface area contributed by atoms with Gasteiger partial charge in [0.1, 0.15) is 0 Å². The molecule has 1 atom stereocenters. The van der Waals surface area contributed by atoms with E-state index < -0.39 is 0 Å². The molecule has 0 aliphatic heterocycles. The van der Waals surface area contributed by atoms with Crippen LogP contribution < -0.4 is 5.32 Å². The molecule has 1 rings (SSSR count). The third kappa shape index (κ3) is 4.13.